The molecule has 2 fully saturated rings. The summed E-state index contributed by atoms with van der Waals surface area (Å²) in [5, 5.41) is 3.72. The molecular weight excluding hydrogens is 332 g/mol. The van der Waals surface area contributed by atoms with E-state index in [9.17, 15) is 0 Å². The standard InChI is InChI=1S/C24H38N2O/c1-17(2)15-25-11-9-24-10-12-26(16-19-5-6-19)23(18(24)3)13-20-7-8-21(27-4)14-22(20)24/h7-8,14,17-19,23,25H,5-6,9-13,15-16H2,1-4H3/t18-,23?,24-/m0/s1. The number of hydrogen-bond donors (Lipinski definition) is 1. The van der Waals surface area contributed by atoms with Gasteiger partial charge in [-0.1, -0.05) is 26.8 Å². The molecule has 1 saturated carbocycles. The van der Waals surface area contributed by atoms with E-state index in [1.165, 1.54) is 45.2 Å². The summed E-state index contributed by atoms with van der Waals surface area (Å²) >= 11 is 0. The van der Waals surface area contributed by atoms with Gasteiger partial charge in [0.15, 0.2) is 0 Å². The SMILES string of the molecule is COc1ccc2c(c1)[C@@]1(CCNCC(C)C)CCN(CC3CC3)C(C2)[C@@H]1C. The van der Waals surface area contributed by atoms with Gasteiger partial charge in [-0.15, -0.1) is 0 Å². The largest absolute Gasteiger partial charge is 0.497 e. The molecule has 0 spiro atoms. The van der Waals surface area contributed by atoms with Crippen molar-refractivity contribution < 1.29 is 4.74 Å². The predicted molar refractivity (Wildman–Crippen MR) is 113 cm³/mol. The van der Waals surface area contributed by atoms with Crippen molar-refractivity contribution in [2.24, 2.45) is 17.8 Å². The monoisotopic (exact) mass is 370 g/mol. The van der Waals surface area contributed by atoms with Gasteiger partial charge in [-0.05, 0) is 92.8 Å². The van der Waals surface area contributed by atoms with Crippen LogP contribution < -0.4 is 10.1 Å². The van der Waals surface area contributed by atoms with Crippen molar-refractivity contribution in [3.63, 3.8) is 0 Å². The van der Waals surface area contributed by atoms with Crippen molar-refractivity contribution in [2.45, 2.75) is 64.3 Å². The average Bonchev–Trinajstić information content (AvgIpc) is 3.46. The Bertz CT molecular complexity index is 650. The lowest BCUT2D eigenvalue weighted by Crippen LogP contribution is -2.59. The van der Waals surface area contributed by atoms with Crippen LogP contribution in [0.2, 0.25) is 0 Å². The first kappa shape index (κ1) is 19.3. The number of piperidine rings is 1. The number of benzene rings is 1. The Morgan fingerprint density at radius 3 is 2.81 bits per heavy atom. The molecule has 2 aliphatic carbocycles. The quantitative estimate of drug-likeness (QED) is 0.693. The van der Waals surface area contributed by atoms with Gasteiger partial charge in [-0.2, -0.15) is 0 Å². The van der Waals surface area contributed by atoms with Crippen molar-refractivity contribution in [1.82, 2.24) is 10.2 Å². The lowest BCUT2D eigenvalue weighted by molar-refractivity contribution is 0.0158. The van der Waals surface area contributed by atoms with E-state index in [0.717, 1.165) is 24.8 Å². The maximum Gasteiger partial charge on any atom is 0.119 e. The fourth-order valence-corrected chi connectivity index (χ4v) is 5.70. The minimum absolute atomic E-state index is 0.302. The number of nitrogens with one attached hydrogen (secondary N) is 1. The normalized spacial score (nSPS) is 30.4. The molecule has 150 valence electrons. The highest BCUT2D eigenvalue weighted by Crippen LogP contribution is 2.52. The smallest absolute Gasteiger partial charge is 0.119 e. The van der Waals surface area contributed by atoms with E-state index in [4.69, 9.17) is 4.74 Å². The summed E-state index contributed by atoms with van der Waals surface area (Å²) in [6.45, 7) is 12.0. The van der Waals surface area contributed by atoms with E-state index >= 15 is 0 Å². The Kier molecular flexibility index (Phi) is 5.53. The Morgan fingerprint density at radius 1 is 1.30 bits per heavy atom. The van der Waals surface area contributed by atoms with Crippen LogP contribution >= 0.6 is 0 Å². The van der Waals surface area contributed by atoms with Crippen molar-refractivity contribution in [3.8, 4) is 5.75 Å². The lowest BCUT2D eigenvalue weighted by Gasteiger charge is -2.56. The number of hydrogen-bond acceptors (Lipinski definition) is 3. The molecule has 0 radical (unpaired) electrons. The minimum atomic E-state index is 0.302. The number of ether oxygens (including phenoxy) is 1. The van der Waals surface area contributed by atoms with E-state index in [0.29, 0.717) is 23.3 Å². The van der Waals surface area contributed by atoms with E-state index in [1.807, 2.05) is 0 Å². The molecule has 0 aromatic heterocycles. The number of nitrogens with zero attached hydrogens (tertiary/aromatic N) is 1. The van der Waals surface area contributed by atoms with E-state index in [2.05, 4.69) is 49.2 Å². The van der Waals surface area contributed by atoms with E-state index in [-0.39, 0.29) is 0 Å². The zero-order chi connectivity index (χ0) is 19.0. The van der Waals surface area contributed by atoms with Crippen molar-refractivity contribution >= 4 is 0 Å². The predicted octanol–water partition coefficient (Wildman–Crippen LogP) is 4.25. The first-order valence-electron chi connectivity index (χ1n) is 11.2. The van der Waals surface area contributed by atoms with E-state index < -0.39 is 0 Å². The highest BCUT2D eigenvalue weighted by molar-refractivity contribution is 5.45. The molecule has 27 heavy (non-hydrogen) atoms. The molecule has 1 N–H and O–H groups in total. The van der Waals surface area contributed by atoms with Gasteiger partial charge in [0.25, 0.3) is 0 Å². The van der Waals surface area contributed by atoms with Crippen LogP contribution in [0.5, 0.6) is 5.75 Å². The third kappa shape index (κ3) is 3.78. The van der Waals surface area contributed by atoms with Gasteiger partial charge in [-0.3, -0.25) is 4.90 Å². The molecule has 3 nitrogen and oxygen atoms in total. The molecule has 1 unspecified atom stereocenters. The topological polar surface area (TPSA) is 24.5 Å². The molecule has 3 aliphatic rings. The first-order valence-corrected chi connectivity index (χ1v) is 11.2. The van der Waals surface area contributed by atoms with Crippen LogP contribution in [-0.4, -0.2) is 44.2 Å². The number of methoxy groups -OCH3 is 1. The Balaban J connectivity index is 1.61. The highest BCUT2D eigenvalue weighted by Gasteiger charge is 2.51. The van der Waals surface area contributed by atoms with Crippen LogP contribution in [0, 0.1) is 17.8 Å². The summed E-state index contributed by atoms with van der Waals surface area (Å²) in [6, 6.07) is 7.59. The highest BCUT2D eigenvalue weighted by atomic mass is 16.5. The van der Waals surface area contributed by atoms with Crippen LogP contribution in [0.15, 0.2) is 18.2 Å². The van der Waals surface area contributed by atoms with Crippen LogP contribution in [0.3, 0.4) is 0 Å². The van der Waals surface area contributed by atoms with Crippen LogP contribution in [0.1, 0.15) is 57.6 Å². The molecular formula is C24H38N2O. The van der Waals surface area contributed by atoms with Gasteiger partial charge in [0.05, 0.1) is 7.11 Å². The maximum atomic E-state index is 5.61. The molecule has 1 aliphatic heterocycles. The van der Waals surface area contributed by atoms with Crippen LogP contribution in [-0.2, 0) is 11.8 Å². The van der Waals surface area contributed by atoms with Gasteiger partial charge in [0.2, 0.25) is 0 Å². The molecule has 1 heterocycles. The first-order chi connectivity index (χ1) is 13.0. The van der Waals surface area contributed by atoms with Crippen molar-refractivity contribution in [1.29, 1.82) is 0 Å². The summed E-state index contributed by atoms with van der Waals surface area (Å²) < 4.78 is 5.61. The number of rotatable bonds is 8. The van der Waals surface area contributed by atoms with E-state index in [1.54, 1.807) is 18.2 Å². The number of fused-ring (bicyclic) bond motifs is 4. The Labute approximate surface area is 165 Å². The fraction of sp³-hybridized carbons (Fsp3) is 0.750. The molecule has 4 rings (SSSR count). The second kappa shape index (κ2) is 7.75. The summed E-state index contributed by atoms with van der Waals surface area (Å²) in [4.78, 5) is 2.84. The molecule has 1 aromatic carbocycles. The van der Waals surface area contributed by atoms with Crippen molar-refractivity contribution in [3.05, 3.63) is 29.3 Å². The molecule has 1 saturated heterocycles. The average molecular weight is 371 g/mol. The second-order valence-electron chi connectivity index (χ2n) is 9.78. The van der Waals surface area contributed by atoms with Crippen molar-refractivity contribution in [2.75, 3.05) is 33.3 Å². The summed E-state index contributed by atoms with van der Waals surface area (Å²) in [5.74, 6) is 3.43. The summed E-state index contributed by atoms with van der Waals surface area (Å²) in [7, 11) is 1.80. The van der Waals surface area contributed by atoms with Crippen LogP contribution in [0.4, 0.5) is 0 Å². The molecule has 0 amide bonds. The molecule has 1 aromatic rings. The Hall–Kier alpha value is -1.06. The van der Waals surface area contributed by atoms with Crippen LogP contribution in [0.25, 0.3) is 0 Å². The third-order valence-electron chi connectivity index (χ3n) is 7.54. The lowest BCUT2D eigenvalue weighted by atomic mass is 9.56. The summed E-state index contributed by atoms with van der Waals surface area (Å²) in [5.41, 5.74) is 3.46. The molecule has 3 heteroatoms. The fourth-order valence-electron chi connectivity index (χ4n) is 5.70. The Morgan fingerprint density at radius 2 is 2.11 bits per heavy atom. The molecule has 3 atom stereocenters. The zero-order valence-electron chi connectivity index (χ0n) is 17.8. The minimum Gasteiger partial charge on any atom is -0.497 e. The van der Waals surface area contributed by atoms with Gasteiger partial charge >= 0.3 is 0 Å². The third-order valence-corrected chi connectivity index (χ3v) is 7.54. The van der Waals surface area contributed by atoms with Gasteiger partial charge in [-0.25, -0.2) is 0 Å². The second-order valence-corrected chi connectivity index (χ2v) is 9.78. The number of likely N-dealkylation sites (tertiary alicyclic amines) is 1. The van der Waals surface area contributed by atoms with Gasteiger partial charge in [0, 0.05) is 18.0 Å². The zero-order valence-corrected chi connectivity index (χ0v) is 17.8. The maximum absolute atomic E-state index is 5.61. The van der Waals surface area contributed by atoms with Gasteiger partial charge < -0.3 is 10.1 Å². The van der Waals surface area contributed by atoms with Gasteiger partial charge in [0.1, 0.15) is 5.75 Å². The molecule has 2 bridgehead atoms. The summed E-state index contributed by atoms with van der Waals surface area (Å²) in [6.07, 6.45) is 6.66.